The molecule has 0 bridgehead atoms. The van der Waals surface area contributed by atoms with Crippen LogP contribution in [0.25, 0.3) is 0 Å². The Morgan fingerprint density at radius 3 is 2.88 bits per heavy atom. The topological polar surface area (TPSA) is 86.9 Å². The maximum atomic E-state index is 11.6. The normalized spacial score (nSPS) is 11.9. The van der Waals surface area contributed by atoms with Crippen molar-refractivity contribution in [2.45, 2.75) is 32.7 Å². The Kier molecular flexibility index (Phi) is 5.19. The largest absolute Gasteiger partial charge is 0.354 e. The minimum Gasteiger partial charge on any atom is -0.354 e. The molecule has 0 aliphatic heterocycles. The molecule has 1 aromatic heterocycles. The van der Waals surface area contributed by atoms with Gasteiger partial charge in [0.1, 0.15) is 11.9 Å². The maximum absolute atomic E-state index is 11.6. The zero-order chi connectivity index (χ0) is 12.7. The summed E-state index contributed by atoms with van der Waals surface area (Å²) in [5.41, 5.74) is 0. The van der Waals surface area contributed by atoms with Crippen molar-refractivity contribution in [3.05, 3.63) is 18.2 Å². The molecule has 2 amide bonds. The van der Waals surface area contributed by atoms with Gasteiger partial charge >= 0.3 is 0 Å². The quantitative estimate of drug-likeness (QED) is 0.651. The van der Waals surface area contributed by atoms with E-state index in [2.05, 4.69) is 20.6 Å². The number of carbonyl (C=O) groups is 2. The number of aromatic nitrogens is 2. The van der Waals surface area contributed by atoms with Crippen LogP contribution in [0.4, 0.5) is 0 Å². The van der Waals surface area contributed by atoms with Crippen molar-refractivity contribution in [1.82, 2.24) is 20.6 Å². The molecule has 0 spiro atoms. The summed E-state index contributed by atoms with van der Waals surface area (Å²) in [4.78, 5) is 29.6. The van der Waals surface area contributed by atoms with Gasteiger partial charge in [-0.05, 0) is 6.92 Å². The van der Waals surface area contributed by atoms with E-state index < -0.39 is 6.04 Å². The van der Waals surface area contributed by atoms with Crippen molar-refractivity contribution < 1.29 is 9.59 Å². The van der Waals surface area contributed by atoms with Gasteiger partial charge in [0, 0.05) is 31.8 Å². The standard InChI is InChI=1S/C11H18N4O2/c1-3-10(16)15-8(2)11(17)14-5-4-9-12-6-7-13-9/h6-8H,3-5H2,1-2H3,(H,12,13)(H,14,17)(H,15,16). The Labute approximate surface area is 100 Å². The number of carbonyl (C=O) groups excluding carboxylic acids is 2. The lowest BCUT2D eigenvalue weighted by molar-refractivity contribution is -0.128. The fourth-order valence-electron chi connectivity index (χ4n) is 1.30. The summed E-state index contributed by atoms with van der Waals surface area (Å²) in [5.74, 6) is 0.521. The van der Waals surface area contributed by atoms with Crippen LogP contribution in [-0.2, 0) is 16.0 Å². The van der Waals surface area contributed by atoms with E-state index in [0.717, 1.165) is 5.82 Å². The van der Waals surface area contributed by atoms with Crippen molar-refractivity contribution >= 4 is 11.8 Å². The number of aromatic amines is 1. The van der Waals surface area contributed by atoms with Gasteiger partial charge in [-0.15, -0.1) is 0 Å². The van der Waals surface area contributed by atoms with Crippen LogP contribution in [-0.4, -0.2) is 34.4 Å². The highest BCUT2D eigenvalue weighted by molar-refractivity contribution is 5.87. The van der Waals surface area contributed by atoms with Gasteiger partial charge in [0.15, 0.2) is 0 Å². The molecule has 3 N–H and O–H groups in total. The lowest BCUT2D eigenvalue weighted by atomic mass is 10.3. The first-order valence-corrected chi connectivity index (χ1v) is 5.68. The van der Waals surface area contributed by atoms with Crippen LogP contribution in [0, 0.1) is 0 Å². The summed E-state index contributed by atoms with van der Waals surface area (Å²) >= 11 is 0. The van der Waals surface area contributed by atoms with Gasteiger partial charge in [0.05, 0.1) is 0 Å². The van der Waals surface area contributed by atoms with Crippen molar-refractivity contribution in [2.24, 2.45) is 0 Å². The average molecular weight is 238 g/mol. The van der Waals surface area contributed by atoms with Crippen molar-refractivity contribution in [3.8, 4) is 0 Å². The number of nitrogens with zero attached hydrogens (tertiary/aromatic N) is 1. The number of hydrogen-bond donors (Lipinski definition) is 3. The highest BCUT2D eigenvalue weighted by Crippen LogP contribution is 1.89. The summed E-state index contributed by atoms with van der Waals surface area (Å²) in [6, 6.07) is -0.501. The molecule has 17 heavy (non-hydrogen) atoms. The molecule has 0 saturated heterocycles. The van der Waals surface area contributed by atoms with E-state index in [-0.39, 0.29) is 11.8 Å². The molecular weight excluding hydrogens is 220 g/mol. The van der Waals surface area contributed by atoms with E-state index in [0.29, 0.717) is 19.4 Å². The highest BCUT2D eigenvalue weighted by atomic mass is 16.2. The Morgan fingerprint density at radius 2 is 2.29 bits per heavy atom. The van der Waals surface area contributed by atoms with Crippen molar-refractivity contribution in [1.29, 1.82) is 0 Å². The second-order valence-electron chi connectivity index (χ2n) is 3.72. The molecule has 0 aromatic carbocycles. The van der Waals surface area contributed by atoms with E-state index in [1.54, 1.807) is 26.2 Å². The fraction of sp³-hybridized carbons (Fsp3) is 0.545. The molecule has 6 nitrogen and oxygen atoms in total. The highest BCUT2D eigenvalue weighted by Gasteiger charge is 2.13. The molecule has 1 unspecified atom stereocenters. The first kappa shape index (κ1) is 13.2. The van der Waals surface area contributed by atoms with Crippen LogP contribution in [0.15, 0.2) is 12.4 Å². The summed E-state index contributed by atoms with van der Waals surface area (Å²) in [7, 11) is 0. The van der Waals surface area contributed by atoms with Gasteiger partial charge in [-0.3, -0.25) is 9.59 Å². The molecular formula is C11H18N4O2. The molecule has 0 aliphatic rings. The number of H-pyrrole nitrogens is 1. The summed E-state index contributed by atoms with van der Waals surface area (Å²) in [6.45, 7) is 3.91. The van der Waals surface area contributed by atoms with E-state index in [1.165, 1.54) is 0 Å². The molecule has 0 radical (unpaired) electrons. The maximum Gasteiger partial charge on any atom is 0.242 e. The third kappa shape index (κ3) is 4.67. The molecule has 0 fully saturated rings. The predicted octanol–water partition coefficient (Wildman–Crippen LogP) is -0.0169. The lowest BCUT2D eigenvalue weighted by Gasteiger charge is -2.13. The Hall–Kier alpha value is -1.85. The Bertz CT molecular complexity index is 362. The van der Waals surface area contributed by atoms with Crippen LogP contribution < -0.4 is 10.6 Å². The zero-order valence-corrected chi connectivity index (χ0v) is 10.1. The van der Waals surface area contributed by atoms with Crippen molar-refractivity contribution in [2.75, 3.05) is 6.54 Å². The average Bonchev–Trinajstić information content (AvgIpc) is 2.81. The van der Waals surface area contributed by atoms with Gasteiger partial charge in [-0.2, -0.15) is 0 Å². The molecule has 1 aromatic rings. The number of amides is 2. The van der Waals surface area contributed by atoms with Gasteiger partial charge in [-0.25, -0.2) is 4.98 Å². The Morgan fingerprint density at radius 1 is 1.53 bits per heavy atom. The lowest BCUT2D eigenvalue weighted by Crippen LogP contribution is -2.45. The molecule has 94 valence electrons. The number of nitrogens with one attached hydrogen (secondary N) is 3. The van der Waals surface area contributed by atoms with Crippen LogP contribution in [0.2, 0.25) is 0 Å². The molecule has 1 rings (SSSR count). The third-order valence-corrected chi connectivity index (χ3v) is 2.31. The second-order valence-corrected chi connectivity index (χ2v) is 3.72. The Balaban J connectivity index is 2.22. The van der Waals surface area contributed by atoms with Gasteiger partial charge in [-0.1, -0.05) is 6.92 Å². The van der Waals surface area contributed by atoms with Gasteiger partial charge in [0.25, 0.3) is 0 Å². The number of imidazole rings is 1. The molecule has 0 aliphatic carbocycles. The van der Waals surface area contributed by atoms with Crippen molar-refractivity contribution in [3.63, 3.8) is 0 Å². The first-order chi connectivity index (χ1) is 8.13. The van der Waals surface area contributed by atoms with E-state index in [4.69, 9.17) is 0 Å². The molecule has 1 heterocycles. The number of hydrogen-bond acceptors (Lipinski definition) is 3. The third-order valence-electron chi connectivity index (χ3n) is 2.31. The monoisotopic (exact) mass is 238 g/mol. The van der Waals surface area contributed by atoms with Gasteiger partial charge < -0.3 is 15.6 Å². The van der Waals surface area contributed by atoms with Gasteiger partial charge in [0.2, 0.25) is 11.8 Å². The smallest absolute Gasteiger partial charge is 0.242 e. The van der Waals surface area contributed by atoms with Crippen LogP contribution >= 0.6 is 0 Å². The summed E-state index contributed by atoms with van der Waals surface area (Å²) in [6.07, 6.45) is 4.43. The minimum absolute atomic E-state index is 0.126. The first-order valence-electron chi connectivity index (χ1n) is 5.68. The van der Waals surface area contributed by atoms with Crippen LogP contribution in [0.5, 0.6) is 0 Å². The van der Waals surface area contributed by atoms with E-state index >= 15 is 0 Å². The fourth-order valence-corrected chi connectivity index (χ4v) is 1.30. The summed E-state index contributed by atoms with van der Waals surface area (Å²) < 4.78 is 0. The SMILES string of the molecule is CCC(=O)NC(C)C(=O)NCCc1ncc[nH]1. The van der Waals surface area contributed by atoms with E-state index in [9.17, 15) is 9.59 Å². The van der Waals surface area contributed by atoms with E-state index in [1.807, 2.05) is 0 Å². The zero-order valence-electron chi connectivity index (χ0n) is 10.1. The molecule has 6 heteroatoms. The predicted molar refractivity (Wildman–Crippen MR) is 63.2 cm³/mol. The minimum atomic E-state index is -0.501. The van der Waals surface area contributed by atoms with Crippen LogP contribution in [0.1, 0.15) is 26.1 Å². The summed E-state index contributed by atoms with van der Waals surface area (Å²) in [5, 5.41) is 5.34. The number of rotatable bonds is 6. The van der Waals surface area contributed by atoms with Crippen LogP contribution in [0.3, 0.4) is 0 Å². The molecule has 1 atom stereocenters. The molecule has 0 saturated carbocycles. The second kappa shape index (κ2) is 6.67.